The fourth-order valence-corrected chi connectivity index (χ4v) is 4.88. The van der Waals surface area contributed by atoms with Crippen molar-refractivity contribution in [3.8, 4) is 17.2 Å². The van der Waals surface area contributed by atoms with Crippen LogP contribution in [0.5, 0.6) is 17.2 Å². The number of benzene rings is 2. The summed E-state index contributed by atoms with van der Waals surface area (Å²) in [5.41, 5.74) is 1.18. The maximum absolute atomic E-state index is 13.3. The van der Waals surface area contributed by atoms with Crippen LogP contribution in [0.4, 0.5) is 0 Å². The number of hydrogen-bond donors (Lipinski definition) is 1. The lowest BCUT2D eigenvalue weighted by molar-refractivity contribution is -0.140. The van der Waals surface area contributed by atoms with Crippen LogP contribution in [0.3, 0.4) is 0 Å². The van der Waals surface area contributed by atoms with Gasteiger partial charge in [0.25, 0.3) is 11.7 Å². The number of amides is 1. The van der Waals surface area contributed by atoms with Crippen LogP contribution in [0.25, 0.3) is 5.76 Å². The summed E-state index contributed by atoms with van der Waals surface area (Å²) in [5, 5.41) is 11.3. The largest absolute Gasteiger partial charge is 0.507 e. The van der Waals surface area contributed by atoms with Gasteiger partial charge in [0.2, 0.25) is 0 Å². The summed E-state index contributed by atoms with van der Waals surface area (Å²) in [5.74, 6) is 0.183. The topological polar surface area (TPSA) is 97.8 Å². The van der Waals surface area contributed by atoms with E-state index in [2.05, 4.69) is 4.90 Å². The summed E-state index contributed by atoms with van der Waals surface area (Å²) in [7, 11) is 1.58. The molecule has 36 heavy (non-hydrogen) atoms. The number of rotatable bonds is 7. The molecule has 0 spiro atoms. The first-order valence-electron chi connectivity index (χ1n) is 12.2. The van der Waals surface area contributed by atoms with Crippen LogP contribution in [0, 0.1) is 0 Å². The molecule has 2 aromatic rings. The Labute approximate surface area is 209 Å². The molecule has 9 nitrogen and oxygen atoms in total. The van der Waals surface area contributed by atoms with E-state index in [-0.39, 0.29) is 11.3 Å². The second-order valence-corrected chi connectivity index (χ2v) is 8.93. The van der Waals surface area contributed by atoms with E-state index >= 15 is 0 Å². The molecule has 1 N–H and O–H groups in total. The van der Waals surface area contributed by atoms with E-state index < -0.39 is 17.7 Å². The van der Waals surface area contributed by atoms with Gasteiger partial charge in [-0.05, 0) is 42.3 Å². The molecule has 0 bridgehead atoms. The predicted octanol–water partition coefficient (Wildman–Crippen LogP) is 2.61. The normalized spacial score (nSPS) is 21.6. The fraction of sp³-hybridized carbons (Fsp3) is 0.407. The van der Waals surface area contributed by atoms with Gasteiger partial charge in [-0.2, -0.15) is 0 Å². The van der Waals surface area contributed by atoms with E-state index in [9.17, 15) is 14.7 Å². The molecule has 0 saturated carbocycles. The minimum absolute atomic E-state index is 0.0632. The molecule has 2 fully saturated rings. The van der Waals surface area contributed by atoms with Gasteiger partial charge in [-0.15, -0.1) is 0 Å². The monoisotopic (exact) mass is 494 g/mol. The van der Waals surface area contributed by atoms with E-state index in [0.717, 1.165) is 25.2 Å². The molecule has 1 atom stereocenters. The number of ether oxygens (including phenoxy) is 4. The van der Waals surface area contributed by atoms with Crippen LogP contribution in [0.15, 0.2) is 48.0 Å². The molecular formula is C27H30N2O7. The molecular weight excluding hydrogens is 464 g/mol. The van der Waals surface area contributed by atoms with Gasteiger partial charge in [0, 0.05) is 31.7 Å². The lowest BCUT2D eigenvalue weighted by atomic mass is 9.95. The average Bonchev–Trinajstić information content (AvgIpc) is 3.18. The highest BCUT2D eigenvalue weighted by Crippen LogP contribution is 2.41. The highest BCUT2D eigenvalue weighted by Gasteiger charge is 2.46. The Morgan fingerprint density at radius 2 is 1.69 bits per heavy atom. The summed E-state index contributed by atoms with van der Waals surface area (Å²) < 4.78 is 21.9. The van der Waals surface area contributed by atoms with Gasteiger partial charge in [-0.25, -0.2) is 0 Å². The maximum Gasteiger partial charge on any atom is 0.295 e. The predicted molar refractivity (Wildman–Crippen MR) is 131 cm³/mol. The zero-order chi connectivity index (χ0) is 25.1. The van der Waals surface area contributed by atoms with E-state index in [0.29, 0.717) is 62.2 Å². The van der Waals surface area contributed by atoms with Gasteiger partial charge in [-0.3, -0.25) is 14.5 Å². The first kappa shape index (κ1) is 24.1. The van der Waals surface area contributed by atoms with Crippen molar-refractivity contribution in [2.45, 2.75) is 12.5 Å². The number of aliphatic hydroxyl groups is 1. The summed E-state index contributed by atoms with van der Waals surface area (Å²) in [6.07, 6.45) is 0.698. The quantitative estimate of drug-likeness (QED) is 0.357. The van der Waals surface area contributed by atoms with Gasteiger partial charge in [0.15, 0.2) is 11.5 Å². The van der Waals surface area contributed by atoms with Gasteiger partial charge in [0.1, 0.15) is 24.7 Å². The van der Waals surface area contributed by atoms with Crippen LogP contribution in [0.1, 0.15) is 23.6 Å². The molecule has 3 aliphatic rings. The Kier molecular flexibility index (Phi) is 7.11. The van der Waals surface area contributed by atoms with Crippen molar-refractivity contribution >= 4 is 17.4 Å². The lowest BCUT2D eigenvalue weighted by Gasteiger charge is -2.29. The number of Topliss-reactive ketones (excluding diaryl/α,β-unsaturated/α-hetero) is 1. The molecule has 1 unspecified atom stereocenters. The van der Waals surface area contributed by atoms with Gasteiger partial charge in [0.05, 0.1) is 31.9 Å². The second-order valence-electron chi connectivity index (χ2n) is 8.93. The van der Waals surface area contributed by atoms with Crippen LogP contribution in [-0.4, -0.2) is 86.3 Å². The third kappa shape index (κ3) is 4.76. The molecule has 3 aliphatic heterocycles. The van der Waals surface area contributed by atoms with Gasteiger partial charge < -0.3 is 29.0 Å². The highest BCUT2D eigenvalue weighted by atomic mass is 16.6. The molecule has 0 aromatic heterocycles. The molecule has 190 valence electrons. The number of morpholine rings is 1. The number of carbonyl (C=O) groups is 2. The zero-order valence-corrected chi connectivity index (χ0v) is 20.3. The Bertz CT molecular complexity index is 1160. The third-order valence-electron chi connectivity index (χ3n) is 6.76. The van der Waals surface area contributed by atoms with Gasteiger partial charge in [-0.1, -0.05) is 12.1 Å². The Morgan fingerprint density at radius 3 is 2.42 bits per heavy atom. The molecule has 3 heterocycles. The maximum atomic E-state index is 13.3. The summed E-state index contributed by atoms with van der Waals surface area (Å²) in [4.78, 5) is 30.3. The third-order valence-corrected chi connectivity index (χ3v) is 6.76. The molecule has 0 radical (unpaired) electrons. The summed E-state index contributed by atoms with van der Waals surface area (Å²) in [6, 6.07) is 11.5. The van der Waals surface area contributed by atoms with Gasteiger partial charge >= 0.3 is 0 Å². The Hall–Kier alpha value is -3.56. The van der Waals surface area contributed by atoms with Crippen LogP contribution >= 0.6 is 0 Å². The molecule has 2 aromatic carbocycles. The summed E-state index contributed by atoms with van der Waals surface area (Å²) >= 11 is 0. The van der Waals surface area contributed by atoms with Crippen molar-refractivity contribution in [2.24, 2.45) is 0 Å². The van der Waals surface area contributed by atoms with Crippen LogP contribution in [0.2, 0.25) is 0 Å². The van der Waals surface area contributed by atoms with E-state index in [1.54, 1.807) is 42.3 Å². The zero-order valence-electron chi connectivity index (χ0n) is 20.3. The molecule has 9 heteroatoms. The number of nitrogens with zero attached hydrogens (tertiary/aromatic N) is 2. The number of carbonyl (C=O) groups excluding carboxylic acids is 2. The number of methoxy groups -OCH3 is 1. The molecule has 5 rings (SSSR count). The van der Waals surface area contributed by atoms with Crippen molar-refractivity contribution in [3.05, 3.63) is 59.2 Å². The fourth-order valence-electron chi connectivity index (χ4n) is 4.88. The van der Waals surface area contributed by atoms with Crippen molar-refractivity contribution in [2.75, 3.05) is 59.7 Å². The minimum Gasteiger partial charge on any atom is -0.507 e. The second kappa shape index (κ2) is 10.6. The lowest BCUT2D eigenvalue weighted by Crippen LogP contribution is -2.38. The van der Waals surface area contributed by atoms with Crippen LogP contribution in [-0.2, 0) is 14.3 Å². The van der Waals surface area contributed by atoms with E-state index in [4.69, 9.17) is 18.9 Å². The van der Waals surface area contributed by atoms with E-state index in [1.165, 1.54) is 0 Å². The smallest absolute Gasteiger partial charge is 0.295 e. The number of aliphatic hydroxyl groups excluding tert-OH is 1. The first-order chi connectivity index (χ1) is 17.6. The van der Waals surface area contributed by atoms with Crippen molar-refractivity contribution in [3.63, 3.8) is 0 Å². The van der Waals surface area contributed by atoms with Crippen LogP contribution < -0.4 is 14.2 Å². The number of fused-ring (bicyclic) bond motifs is 1. The molecule has 2 saturated heterocycles. The van der Waals surface area contributed by atoms with E-state index in [1.807, 2.05) is 12.1 Å². The Balaban J connectivity index is 1.48. The molecule has 0 aliphatic carbocycles. The van der Waals surface area contributed by atoms with Crippen molar-refractivity contribution < 1.29 is 33.6 Å². The number of hydrogen-bond acceptors (Lipinski definition) is 8. The highest BCUT2D eigenvalue weighted by molar-refractivity contribution is 6.46. The SMILES string of the molecule is COc1ccc(C2C(=C(O)c3ccc4c(c3)OCCO4)C(=O)C(=O)N2CCCN2CCOCC2)cc1. The standard InChI is InChI=1S/C27H30N2O7/c1-33-20-6-3-18(4-7-20)24-23(25(30)19-5-8-21-22(17-19)36-16-15-35-21)26(31)27(32)29(24)10-2-9-28-11-13-34-14-12-28/h3-8,17,24,30H,2,9-16H2,1H3. The molecule has 1 amide bonds. The van der Waals surface area contributed by atoms with Crippen molar-refractivity contribution in [1.82, 2.24) is 9.80 Å². The number of ketones is 1. The van der Waals surface area contributed by atoms with Crippen molar-refractivity contribution in [1.29, 1.82) is 0 Å². The Morgan fingerprint density at radius 1 is 0.972 bits per heavy atom. The first-order valence-corrected chi connectivity index (χ1v) is 12.2. The number of likely N-dealkylation sites (tertiary alicyclic amines) is 1. The minimum atomic E-state index is -0.714. The summed E-state index contributed by atoms with van der Waals surface area (Å²) in [6.45, 7) is 5.13. The average molecular weight is 495 g/mol.